The lowest BCUT2D eigenvalue weighted by molar-refractivity contribution is 0.185. The van der Waals surface area contributed by atoms with E-state index in [-0.39, 0.29) is 0 Å². The second-order valence-corrected chi connectivity index (χ2v) is 4.61. The molecule has 13 heavy (non-hydrogen) atoms. The summed E-state index contributed by atoms with van der Waals surface area (Å²) in [6.07, 6.45) is 1.07. The van der Waals surface area contributed by atoms with E-state index >= 15 is 0 Å². The molecule has 0 bridgehead atoms. The average molecular weight is 186 g/mol. The van der Waals surface area contributed by atoms with E-state index in [1.54, 1.807) is 0 Å². The van der Waals surface area contributed by atoms with Crippen molar-refractivity contribution in [2.24, 2.45) is 11.7 Å². The number of hydrogen-bond acceptors (Lipinski definition) is 2. The van der Waals surface area contributed by atoms with Crippen molar-refractivity contribution in [3.05, 3.63) is 0 Å². The Morgan fingerprint density at radius 1 is 1.08 bits per heavy atom. The zero-order valence-electron chi connectivity index (χ0n) is 9.88. The van der Waals surface area contributed by atoms with Crippen LogP contribution in [0.2, 0.25) is 0 Å². The largest absolute Gasteiger partial charge is 0.327 e. The molecule has 1 atom stereocenters. The molecule has 0 aliphatic carbocycles. The molecule has 2 nitrogen and oxygen atoms in total. The van der Waals surface area contributed by atoms with Gasteiger partial charge in [0.15, 0.2) is 0 Å². The molecule has 0 aromatic heterocycles. The molecule has 0 amide bonds. The van der Waals surface area contributed by atoms with Gasteiger partial charge in [0.05, 0.1) is 0 Å². The topological polar surface area (TPSA) is 29.3 Å². The van der Waals surface area contributed by atoms with E-state index in [1.165, 1.54) is 0 Å². The third-order valence-electron chi connectivity index (χ3n) is 2.32. The molecule has 0 aromatic carbocycles. The molecule has 2 heteroatoms. The molecule has 80 valence electrons. The highest BCUT2D eigenvalue weighted by molar-refractivity contribution is 4.71. The molecule has 0 aliphatic heterocycles. The first-order valence-corrected chi connectivity index (χ1v) is 5.47. The van der Waals surface area contributed by atoms with Crippen molar-refractivity contribution in [1.29, 1.82) is 0 Å². The third-order valence-corrected chi connectivity index (χ3v) is 2.32. The summed E-state index contributed by atoms with van der Waals surface area (Å²) in [5.74, 6) is 0.728. The van der Waals surface area contributed by atoms with E-state index < -0.39 is 0 Å². The van der Waals surface area contributed by atoms with Crippen molar-refractivity contribution in [2.45, 2.75) is 53.1 Å². The fraction of sp³-hybridized carbons (Fsp3) is 1.00. The SMILES string of the molecule is CCC(N)CN(CC(C)C)C(C)C. The van der Waals surface area contributed by atoms with Crippen molar-refractivity contribution in [3.63, 3.8) is 0 Å². The van der Waals surface area contributed by atoms with Gasteiger partial charge in [0.1, 0.15) is 0 Å². The minimum absolute atomic E-state index is 0.334. The molecule has 2 N–H and O–H groups in total. The fourth-order valence-corrected chi connectivity index (χ4v) is 1.40. The molecule has 0 saturated heterocycles. The molecule has 0 fully saturated rings. The molecule has 0 saturated carbocycles. The molecule has 0 heterocycles. The van der Waals surface area contributed by atoms with Crippen molar-refractivity contribution >= 4 is 0 Å². The zero-order valence-corrected chi connectivity index (χ0v) is 9.88. The second-order valence-electron chi connectivity index (χ2n) is 4.61. The minimum atomic E-state index is 0.334. The van der Waals surface area contributed by atoms with Crippen LogP contribution in [0.15, 0.2) is 0 Å². The summed E-state index contributed by atoms with van der Waals surface area (Å²) in [6, 6.07) is 0.946. The van der Waals surface area contributed by atoms with E-state index in [2.05, 4.69) is 39.5 Å². The Labute approximate surface area is 83.5 Å². The highest BCUT2D eigenvalue weighted by atomic mass is 15.2. The van der Waals surface area contributed by atoms with Crippen molar-refractivity contribution < 1.29 is 0 Å². The van der Waals surface area contributed by atoms with Gasteiger partial charge in [0.25, 0.3) is 0 Å². The van der Waals surface area contributed by atoms with E-state index in [1.807, 2.05) is 0 Å². The first-order valence-electron chi connectivity index (χ1n) is 5.47. The third kappa shape index (κ3) is 6.05. The Bertz CT molecular complexity index is 121. The van der Waals surface area contributed by atoms with Crippen molar-refractivity contribution in [2.75, 3.05) is 13.1 Å². The van der Waals surface area contributed by atoms with Crippen molar-refractivity contribution in [1.82, 2.24) is 4.90 Å². The summed E-state index contributed by atoms with van der Waals surface area (Å²) in [5.41, 5.74) is 5.95. The summed E-state index contributed by atoms with van der Waals surface area (Å²) in [6.45, 7) is 13.3. The maximum atomic E-state index is 5.95. The quantitative estimate of drug-likeness (QED) is 0.688. The van der Waals surface area contributed by atoms with Crippen LogP contribution in [0.25, 0.3) is 0 Å². The van der Waals surface area contributed by atoms with E-state index in [0.717, 1.165) is 25.4 Å². The summed E-state index contributed by atoms with van der Waals surface area (Å²) in [5, 5.41) is 0. The van der Waals surface area contributed by atoms with Crippen LogP contribution in [-0.4, -0.2) is 30.1 Å². The summed E-state index contributed by atoms with van der Waals surface area (Å²) < 4.78 is 0. The molecule has 1 unspecified atom stereocenters. The van der Waals surface area contributed by atoms with Gasteiger partial charge in [-0.3, -0.25) is 4.90 Å². The molecule has 0 spiro atoms. The van der Waals surface area contributed by atoms with Crippen LogP contribution in [0, 0.1) is 5.92 Å². The average Bonchev–Trinajstić information content (AvgIpc) is 2.02. The molecule has 0 aromatic rings. The Hall–Kier alpha value is -0.0800. The van der Waals surface area contributed by atoms with Gasteiger partial charge in [-0.1, -0.05) is 20.8 Å². The Balaban J connectivity index is 3.94. The first kappa shape index (κ1) is 12.9. The van der Waals surface area contributed by atoms with Crippen LogP contribution in [0.4, 0.5) is 0 Å². The molecule has 0 rings (SSSR count). The highest BCUT2D eigenvalue weighted by Crippen LogP contribution is 2.05. The maximum absolute atomic E-state index is 5.95. The van der Waals surface area contributed by atoms with Gasteiger partial charge in [-0.15, -0.1) is 0 Å². The minimum Gasteiger partial charge on any atom is -0.327 e. The number of hydrogen-bond donors (Lipinski definition) is 1. The van der Waals surface area contributed by atoms with Gasteiger partial charge in [-0.2, -0.15) is 0 Å². The highest BCUT2D eigenvalue weighted by Gasteiger charge is 2.13. The summed E-state index contributed by atoms with van der Waals surface area (Å²) in [4.78, 5) is 2.47. The number of rotatable bonds is 6. The van der Waals surface area contributed by atoms with Gasteiger partial charge in [-0.05, 0) is 26.2 Å². The normalized spacial score (nSPS) is 14.5. The van der Waals surface area contributed by atoms with Crippen LogP contribution in [0.1, 0.15) is 41.0 Å². The van der Waals surface area contributed by atoms with Crippen LogP contribution in [0.3, 0.4) is 0 Å². The van der Waals surface area contributed by atoms with Gasteiger partial charge < -0.3 is 5.73 Å². The Morgan fingerprint density at radius 2 is 1.62 bits per heavy atom. The summed E-state index contributed by atoms with van der Waals surface area (Å²) in [7, 11) is 0. The zero-order chi connectivity index (χ0) is 10.4. The predicted octanol–water partition coefficient (Wildman–Crippen LogP) is 2.09. The molecular weight excluding hydrogens is 160 g/mol. The van der Waals surface area contributed by atoms with E-state index in [0.29, 0.717) is 12.1 Å². The van der Waals surface area contributed by atoms with E-state index in [4.69, 9.17) is 5.73 Å². The maximum Gasteiger partial charge on any atom is 0.0165 e. The first-order chi connectivity index (χ1) is 5.97. The lowest BCUT2D eigenvalue weighted by Gasteiger charge is -2.30. The van der Waals surface area contributed by atoms with Crippen LogP contribution >= 0.6 is 0 Å². The van der Waals surface area contributed by atoms with Gasteiger partial charge in [0.2, 0.25) is 0 Å². The fourth-order valence-electron chi connectivity index (χ4n) is 1.40. The molecule has 0 aliphatic rings. The van der Waals surface area contributed by atoms with E-state index in [9.17, 15) is 0 Å². The summed E-state index contributed by atoms with van der Waals surface area (Å²) >= 11 is 0. The second kappa shape index (κ2) is 6.39. The lowest BCUT2D eigenvalue weighted by Crippen LogP contribution is -2.42. The molecular formula is C11H26N2. The van der Waals surface area contributed by atoms with Crippen LogP contribution < -0.4 is 5.73 Å². The standard InChI is InChI=1S/C11H26N2/c1-6-11(12)8-13(10(4)5)7-9(2)3/h9-11H,6-8,12H2,1-5H3. The van der Waals surface area contributed by atoms with Gasteiger partial charge in [0, 0.05) is 25.2 Å². The number of nitrogens with two attached hydrogens (primary N) is 1. The van der Waals surface area contributed by atoms with Gasteiger partial charge >= 0.3 is 0 Å². The van der Waals surface area contributed by atoms with Gasteiger partial charge in [-0.25, -0.2) is 0 Å². The smallest absolute Gasteiger partial charge is 0.0165 e. The lowest BCUT2D eigenvalue weighted by atomic mass is 10.1. The van der Waals surface area contributed by atoms with Crippen LogP contribution in [-0.2, 0) is 0 Å². The Morgan fingerprint density at radius 3 is 1.92 bits per heavy atom. The Kier molecular flexibility index (Phi) is 6.35. The monoisotopic (exact) mass is 186 g/mol. The molecule has 0 radical (unpaired) electrons. The van der Waals surface area contributed by atoms with Crippen LogP contribution in [0.5, 0.6) is 0 Å². The number of nitrogens with zero attached hydrogens (tertiary/aromatic N) is 1. The predicted molar refractivity (Wildman–Crippen MR) is 59.8 cm³/mol. The van der Waals surface area contributed by atoms with Crippen molar-refractivity contribution in [3.8, 4) is 0 Å².